The number of alkyl halides is 24. The van der Waals surface area contributed by atoms with Crippen molar-refractivity contribution in [3.05, 3.63) is 232 Å². The molecule has 0 aliphatic rings. The summed E-state index contributed by atoms with van der Waals surface area (Å²) in [6.45, 7) is 1.56. The van der Waals surface area contributed by atoms with Crippen LogP contribution in [0.1, 0.15) is 55.8 Å². The number of hydrogen-bond donors (Lipinski definition) is 0. The summed E-state index contributed by atoms with van der Waals surface area (Å²) in [5.74, 6) is 0. The number of pyridine rings is 1. The minimum atomic E-state index is -5.37. The average molecular weight is 1370 g/mol. The van der Waals surface area contributed by atoms with Crippen LogP contribution in [0.15, 0.2) is 176 Å². The maximum Gasteiger partial charge on any atom is 0.416 e. The molecule has 12 aromatic rings. The van der Waals surface area contributed by atoms with Gasteiger partial charge in [-0.05, 0) is 197 Å². The number of benzene rings is 9. The SMILES string of the molecule is Cc1cccc(-c2cc(-n3c4ccc(-c5cc(C(F)(F)F)cc(C(F)(F)F)c5)cc4c4cc(-c5cc(C(F)(F)F)cc(C(F)(F)F)c5)ccc43)c(C#N)c(-n3c4ccc(-c5cc(C(F)(F)F)cc(C(F)(F)F)c5)cc4c4cc(-c5cc(C(F)(F)F)cc(C(F)(F)F)c5)ccc43)c2)n1. The lowest BCUT2D eigenvalue weighted by Crippen LogP contribution is -2.11. The molecule has 97 heavy (non-hydrogen) atoms. The molecule has 4 nitrogen and oxygen atoms in total. The number of nitriles is 1. The first-order valence-corrected chi connectivity index (χ1v) is 27.8. The number of halogens is 24. The Morgan fingerprint density at radius 2 is 0.515 bits per heavy atom. The number of nitrogens with zero attached hydrogens (tertiary/aromatic N) is 4. The van der Waals surface area contributed by atoms with Crippen molar-refractivity contribution < 1.29 is 105 Å². The minimum Gasteiger partial charge on any atom is -0.308 e. The topological polar surface area (TPSA) is 46.5 Å². The van der Waals surface area contributed by atoms with Crippen molar-refractivity contribution in [1.82, 2.24) is 14.1 Å². The Balaban J connectivity index is 1.20. The molecule has 12 rings (SSSR count). The van der Waals surface area contributed by atoms with Gasteiger partial charge in [0.05, 0.1) is 83.6 Å². The summed E-state index contributed by atoms with van der Waals surface area (Å²) in [5, 5.41) is 11.0. The second-order valence-electron chi connectivity index (χ2n) is 22.4. The molecule has 0 aliphatic carbocycles. The first kappa shape index (κ1) is 66.6. The van der Waals surface area contributed by atoms with Gasteiger partial charge in [-0.3, -0.25) is 4.98 Å². The van der Waals surface area contributed by atoms with E-state index >= 15 is 0 Å². The first-order valence-electron chi connectivity index (χ1n) is 27.8. The van der Waals surface area contributed by atoms with Crippen LogP contribution in [-0.4, -0.2) is 14.1 Å². The fourth-order valence-corrected chi connectivity index (χ4v) is 11.7. The molecule has 0 amide bonds. The molecule has 28 heteroatoms. The quantitative estimate of drug-likeness (QED) is 0.149. The van der Waals surface area contributed by atoms with Crippen LogP contribution in [0.5, 0.6) is 0 Å². The Hall–Kier alpha value is -10.5. The number of rotatable bonds is 7. The second-order valence-corrected chi connectivity index (χ2v) is 22.4. The van der Waals surface area contributed by atoms with E-state index in [4.69, 9.17) is 0 Å². The van der Waals surface area contributed by atoms with E-state index in [0.717, 1.165) is 48.5 Å². The van der Waals surface area contributed by atoms with Gasteiger partial charge in [-0.25, -0.2) is 0 Å². The van der Waals surface area contributed by atoms with E-state index in [1.165, 1.54) is 57.7 Å². The zero-order valence-electron chi connectivity index (χ0n) is 48.1. The van der Waals surface area contributed by atoms with Gasteiger partial charge in [-0.15, -0.1) is 0 Å². The molecule has 0 fully saturated rings. The molecule has 0 spiro atoms. The molecule has 0 bridgehead atoms. The highest BCUT2D eigenvalue weighted by molar-refractivity contribution is 6.14. The van der Waals surface area contributed by atoms with Crippen LogP contribution in [0.3, 0.4) is 0 Å². The van der Waals surface area contributed by atoms with Crippen molar-refractivity contribution in [3.63, 3.8) is 0 Å². The Labute approximate surface area is 528 Å². The molecule has 3 heterocycles. The van der Waals surface area contributed by atoms with Crippen molar-refractivity contribution in [3.8, 4) is 73.2 Å². The molecule has 0 radical (unpaired) electrons. The summed E-state index contributed by atoms with van der Waals surface area (Å²) in [6.07, 6.45) is -43.0. The highest BCUT2D eigenvalue weighted by atomic mass is 19.4. The summed E-state index contributed by atoms with van der Waals surface area (Å²) < 4.78 is 347. The molecular formula is C69H32F24N4. The normalized spacial score (nSPS) is 13.2. The number of hydrogen-bond acceptors (Lipinski definition) is 2. The molecule has 3 aromatic heterocycles. The van der Waals surface area contributed by atoms with Gasteiger partial charge in [0.25, 0.3) is 0 Å². The molecule has 0 unspecified atom stereocenters. The third kappa shape index (κ3) is 12.6. The molecule has 496 valence electrons. The van der Waals surface area contributed by atoms with Gasteiger partial charge < -0.3 is 9.13 Å². The monoisotopic (exact) mass is 1370 g/mol. The molecule has 0 saturated carbocycles. The molecule has 0 aliphatic heterocycles. The van der Waals surface area contributed by atoms with E-state index in [-0.39, 0.29) is 113 Å². The lowest BCUT2D eigenvalue weighted by molar-refractivity contribution is -0.144. The second kappa shape index (κ2) is 22.6. The molecular weight excluding hydrogens is 1340 g/mol. The predicted octanol–water partition coefficient (Wildman–Crippen LogP) is 23.9. The van der Waals surface area contributed by atoms with Gasteiger partial charge in [-0.1, -0.05) is 30.3 Å². The zero-order valence-corrected chi connectivity index (χ0v) is 48.1. The van der Waals surface area contributed by atoms with Crippen LogP contribution in [0, 0.1) is 18.3 Å². The van der Waals surface area contributed by atoms with E-state index < -0.39 is 122 Å². The Bertz CT molecular complexity index is 4560. The van der Waals surface area contributed by atoms with Crippen LogP contribution in [0.4, 0.5) is 105 Å². The number of fused-ring (bicyclic) bond motifs is 6. The van der Waals surface area contributed by atoms with Gasteiger partial charge in [0.1, 0.15) is 11.6 Å². The van der Waals surface area contributed by atoms with E-state index in [1.54, 1.807) is 13.0 Å². The summed E-state index contributed by atoms with van der Waals surface area (Å²) in [5.41, 5.74) is -19.1. The fourth-order valence-electron chi connectivity index (χ4n) is 11.7. The molecule has 0 saturated heterocycles. The largest absolute Gasteiger partial charge is 0.416 e. The Morgan fingerprint density at radius 3 is 0.722 bits per heavy atom. The Kier molecular flexibility index (Phi) is 15.5. The molecule has 9 aromatic carbocycles. The fraction of sp³-hybridized carbons (Fsp3) is 0.130. The minimum absolute atomic E-state index is 0.0683. The lowest BCUT2D eigenvalue weighted by Gasteiger charge is -2.19. The number of aromatic nitrogens is 3. The van der Waals surface area contributed by atoms with Crippen LogP contribution >= 0.6 is 0 Å². The Morgan fingerprint density at radius 1 is 0.278 bits per heavy atom. The van der Waals surface area contributed by atoms with Gasteiger partial charge in [0.15, 0.2) is 0 Å². The smallest absolute Gasteiger partial charge is 0.308 e. The summed E-state index contributed by atoms with van der Waals surface area (Å²) in [7, 11) is 0. The zero-order chi connectivity index (χ0) is 70.4. The lowest BCUT2D eigenvalue weighted by atomic mass is 9.96. The molecule has 0 N–H and O–H groups in total. The maximum absolute atomic E-state index is 14.4. The van der Waals surface area contributed by atoms with Crippen molar-refractivity contribution in [2.24, 2.45) is 0 Å². The van der Waals surface area contributed by atoms with Gasteiger partial charge >= 0.3 is 49.4 Å². The van der Waals surface area contributed by atoms with Gasteiger partial charge in [0.2, 0.25) is 0 Å². The summed E-state index contributed by atoms with van der Waals surface area (Å²) in [6, 6.07) is 25.1. The van der Waals surface area contributed by atoms with Crippen LogP contribution in [0.25, 0.3) is 111 Å². The summed E-state index contributed by atoms with van der Waals surface area (Å²) in [4.78, 5) is 4.63. The molecule has 0 atom stereocenters. The average Bonchev–Trinajstić information content (AvgIpc) is 1.58. The van der Waals surface area contributed by atoms with Crippen molar-refractivity contribution in [2.45, 2.75) is 56.3 Å². The van der Waals surface area contributed by atoms with Crippen molar-refractivity contribution in [2.75, 3.05) is 0 Å². The van der Waals surface area contributed by atoms with E-state index in [2.05, 4.69) is 11.1 Å². The van der Waals surface area contributed by atoms with E-state index in [1.807, 2.05) is 0 Å². The van der Waals surface area contributed by atoms with E-state index in [9.17, 15) is 111 Å². The highest BCUT2D eigenvalue weighted by Gasteiger charge is 2.42. The van der Waals surface area contributed by atoms with Crippen LogP contribution in [-0.2, 0) is 49.4 Å². The third-order valence-electron chi connectivity index (χ3n) is 16.1. The first-order chi connectivity index (χ1) is 44.9. The highest BCUT2D eigenvalue weighted by Crippen LogP contribution is 2.49. The number of aryl methyl sites for hydroxylation is 1. The third-order valence-corrected chi connectivity index (χ3v) is 16.1. The van der Waals surface area contributed by atoms with Crippen molar-refractivity contribution in [1.29, 1.82) is 5.26 Å². The maximum atomic E-state index is 14.4. The van der Waals surface area contributed by atoms with Crippen LogP contribution in [0.2, 0.25) is 0 Å². The van der Waals surface area contributed by atoms with Gasteiger partial charge in [0, 0.05) is 32.8 Å². The van der Waals surface area contributed by atoms with E-state index in [0.29, 0.717) is 54.2 Å². The standard InChI is InChI=1S/C69H32F24N4/c1-32-3-2-4-55(95-32)41-25-60(96-56-9-5-33(37-13-42(62(70,71)72)27-43(14-37)63(73,74)75)21-50(56)51-22-34(6-10-57(51)96)38-15-44(64(76,77)78)28-45(16-38)65(79,80)81)54(31-94)61(26-41)97-58-11-7-35(39-17-46(66(82,83)84)29-47(18-39)67(85,86)87)23-52(58)53-24-36(8-12-59(53)97)40-19-48(68(88,89)90)30-49(20-40)69(91,92)93/h2-30H,1H3. The van der Waals surface area contributed by atoms with Gasteiger partial charge in [-0.2, -0.15) is 111 Å². The summed E-state index contributed by atoms with van der Waals surface area (Å²) >= 11 is 0. The van der Waals surface area contributed by atoms with Crippen molar-refractivity contribution >= 4 is 43.6 Å². The predicted molar refractivity (Wildman–Crippen MR) is 310 cm³/mol. The van der Waals surface area contributed by atoms with Crippen LogP contribution < -0.4 is 0 Å².